The SMILES string of the molecule is O=C(Cn1c2c(c3ccccc31)CCCC2)N1CCOCC1. The van der Waals surface area contributed by atoms with Gasteiger partial charge in [-0.2, -0.15) is 0 Å². The number of hydrogen-bond donors (Lipinski definition) is 0. The van der Waals surface area contributed by atoms with Crippen LogP contribution in [-0.4, -0.2) is 41.7 Å². The Morgan fingerprint density at radius 1 is 1.09 bits per heavy atom. The molecule has 0 N–H and O–H groups in total. The molecule has 0 bridgehead atoms. The van der Waals surface area contributed by atoms with Crippen molar-refractivity contribution in [3.63, 3.8) is 0 Å². The van der Waals surface area contributed by atoms with Crippen molar-refractivity contribution in [2.45, 2.75) is 32.2 Å². The smallest absolute Gasteiger partial charge is 0.242 e. The molecule has 2 heterocycles. The first-order chi connectivity index (χ1) is 10.8. The number of para-hydroxylation sites is 1. The van der Waals surface area contributed by atoms with Gasteiger partial charge in [0, 0.05) is 29.7 Å². The molecule has 2 aliphatic rings. The van der Waals surface area contributed by atoms with E-state index in [0.29, 0.717) is 19.8 Å². The maximum Gasteiger partial charge on any atom is 0.242 e. The molecule has 1 aliphatic heterocycles. The third-order valence-corrected chi connectivity index (χ3v) is 4.94. The van der Waals surface area contributed by atoms with Crippen molar-refractivity contribution in [1.29, 1.82) is 0 Å². The second-order valence-corrected chi connectivity index (χ2v) is 6.23. The first-order valence-electron chi connectivity index (χ1n) is 8.29. The predicted octanol–water partition coefficient (Wildman–Crippen LogP) is 2.38. The minimum Gasteiger partial charge on any atom is -0.378 e. The van der Waals surface area contributed by atoms with Gasteiger partial charge in [-0.15, -0.1) is 0 Å². The lowest BCUT2D eigenvalue weighted by atomic mass is 9.95. The molecule has 0 unspecified atom stereocenters. The first kappa shape index (κ1) is 13.8. The molecule has 0 spiro atoms. The van der Waals surface area contributed by atoms with Crippen LogP contribution in [-0.2, 0) is 28.9 Å². The first-order valence-corrected chi connectivity index (χ1v) is 8.29. The summed E-state index contributed by atoms with van der Waals surface area (Å²) in [4.78, 5) is 14.6. The van der Waals surface area contributed by atoms with E-state index >= 15 is 0 Å². The van der Waals surface area contributed by atoms with Crippen LogP contribution in [0.5, 0.6) is 0 Å². The molecule has 1 aromatic heterocycles. The largest absolute Gasteiger partial charge is 0.378 e. The molecular weight excluding hydrogens is 276 g/mol. The van der Waals surface area contributed by atoms with Crippen molar-refractivity contribution in [2.75, 3.05) is 26.3 Å². The molecule has 2 aromatic rings. The number of benzene rings is 1. The van der Waals surface area contributed by atoms with Gasteiger partial charge in [0.1, 0.15) is 6.54 Å². The third-order valence-electron chi connectivity index (χ3n) is 4.94. The van der Waals surface area contributed by atoms with Gasteiger partial charge in [0.25, 0.3) is 0 Å². The monoisotopic (exact) mass is 298 g/mol. The summed E-state index contributed by atoms with van der Waals surface area (Å²) in [6.45, 7) is 3.24. The van der Waals surface area contributed by atoms with Gasteiger partial charge in [0.2, 0.25) is 5.91 Å². The number of rotatable bonds is 2. The molecule has 22 heavy (non-hydrogen) atoms. The number of amides is 1. The third kappa shape index (κ3) is 2.31. The lowest BCUT2D eigenvalue weighted by Crippen LogP contribution is -2.42. The summed E-state index contributed by atoms with van der Waals surface area (Å²) >= 11 is 0. The Morgan fingerprint density at radius 2 is 1.86 bits per heavy atom. The van der Waals surface area contributed by atoms with E-state index in [4.69, 9.17) is 4.74 Å². The predicted molar refractivity (Wildman–Crippen MR) is 86.0 cm³/mol. The molecule has 0 saturated carbocycles. The minimum atomic E-state index is 0.220. The number of carbonyl (C=O) groups excluding carboxylic acids is 1. The van der Waals surface area contributed by atoms with Gasteiger partial charge >= 0.3 is 0 Å². The van der Waals surface area contributed by atoms with Gasteiger partial charge in [-0.1, -0.05) is 18.2 Å². The van der Waals surface area contributed by atoms with Crippen LogP contribution in [0.25, 0.3) is 10.9 Å². The molecule has 4 heteroatoms. The lowest BCUT2D eigenvalue weighted by Gasteiger charge is -2.27. The Morgan fingerprint density at radius 3 is 2.73 bits per heavy atom. The summed E-state index contributed by atoms with van der Waals surface area (Å²) in [6, 6.07) is 8.53. The summed E-state index contributed by atoms with van der Waals surface area (Å²) in [6.07, 6.45) is 4.74. The van der Waals surface area contributed by atoms with E-state index in [1.54, 1.807) is 0 Å². The zero-order valence-corrected chi connectivity index (χ0v) is 12.9. The van der Waals surface area contributed by atoms with Gasteiger partial charge in [-0.3, -0.25) is 4.79 Å². The second kappa shape index (κ2) is 5.76. The summed E-state index contributed by atoms with van der Waals surface area (Å²) < 4.78 is 7.61. The highest BCUT2D eigenvalue weighted by Crippen LogP contribution is 2.32. The normalized spacial score (nSPS) is 18.5. The molecule has 4 rings (SSSR count). The van der Waals surface area contributed by atoms with Crippen molar-refractivity contribution < 1.29 is 9.53 Å². The van der Waals surface area contributed by atoms with Crippen LogP contribution in [0, 0.1) is 0 Å². The second-order valence-electron chi connectivity index (χ2n) is 6.23. The molecule has 1 amide bonds. The van der Waals surface area contributed by atoms with Gasteiger partial charge in [0.05, 0.1) is 13.2 Å². The Kier molecular flexibility index (Phi) is 3.62. The van der Waals surface area contributed by atoms with Crippen LogP contribution < -0.4 is 0 Å². The number of ether oxygens (including phenoxy) is 1. The van der Waals surface area contributed by atoms with Crippen LogP contribution >= 0.6 is 0 Å². The number of hydrogen-bond acceptors (Lipinski definition) is 2. The minimum absolute atomic E-state index is 0.220. The van der Waals surface area contributed by atoms with Crippen LogP contribution in [0.2, 0.25) is 0 Å². The van der Waals surface area contributed by atoms with E-state index < -0.39 is 0 Å². The number of aryl methyl sites for hydroxylation is 1. The van der Waals surface area contributed by atoms with Gasteiger partial charge in [-0.05, 0) is 37.3 Å². The highest BCUT2D eigenvalue weighted by molar-refractivity contribution is 5.88. The molecular formula is C18H22N2O2. The summed E-state index contributed by atoms with van der Waals surface area (Å²) in [5.41, 5.74) is 4.07. The van der Waals surface area contributed by atoms with E-state index in [0.717, 1.165) is 25.9 Å². The number of carbonyl (C=O) groups is 1. The van der Waals surface area contributed by atoms with E-state index in [2.05, 4.69) is 28.8 Å². The van der Waals surface area contributed by atoms with Crippen LogP contribution in [0.3, 0.4) is 0 Å². The number of aromatic nitrogens is 1. The molecule has 1 aromatic carbocycles. The molecule has 0 radical (unpaired) electrons. The number of fused-ring (bicyclic) bond motifs is 3. The van der Waals surface area contributed by atoms with E-state index in [1.807, 2.05) is 4.90 Å². The highest BCUT2D eigenvalue weighted by Gasteiger charge is 2.23. The van der Waals surface area contributed by atoms with Crippen LogP contribution in [0.4, 0.5) is 0 Å². The van der Waals surface area contributed by atoms with Crippen molar-refractivity contribution in [3.05, 3.63) is 35.5 Å². The topological polar surface area (TPSA) is 34.5 Å². The zero-order chi connectivity index (χ0) is 14.9. The van der Waals surface area contributed by atoms with Crippen molar-refractivity contribution in [1.82, 2.24) is 9.47 Å². The number of nitrogens with zero attached hydrogens (tertiary/aromatic N) is 2. The van der Waals surface area contributed by atoms with E-state index in [9.17, 15) is 4.79 Å². The Balaban J connectivity index is 1.70. The maximum atomic E-state index is 12.6. The fraction of sp³-hybridized carbons (Fsp3) is 0.500. The zero-order valence-electron chi connectivity index (χ0n) is 12.9. The van der Waals surface area contributed by atoms with E-state index in [-0.39, 0.29) is 5.91 Å². The van der Waals surface area contributed by atoms with Crippen molar-refractivity contribution >= 4 is 16.8 Å². The van der Waals surface area contributed by atoms with Gasteiger partial charge < -0.3 is 14.2 Å². The van der Waals surface area contributed by atoms with Crippen LogP contribution in [0.15, 0.2) is 24.3 Å². The lowest BCUT2D eigenvalue weighted by molar-refractivity contribution is -0.135. The average Bonchev–Trinajstić information content (AvgIpc) is 2.90. The summed E-state index contributed by atoms with van der Waals surface area (Å²) in [5.74, 6) is 0.220. The molecule has 0 atom stereocenters. The Bertz CT molecular complexity index is 698. The number of morpholine rings is 1. The molecule has 1 saturated heterocycles. The fourth-order valence-corrected chi connectivity index (χ4v) is 3.82. The van der Waals surface area contributed by atoms with Gasteiger partial charge in [0.15, 0.2) is 0 Å². The molecule has 4 nitrogen and oxygen atoms in total. The summed E-state index contributed by atoms with van der Waals surface area (Å²) in [5, 5.41) is 1.34. The van der Waals surface area contributed by atoms with E-state index in [1.165, 1.54) is 35.0 Å². The summed E-state index contributed by atoms with van der Waals surface area (Å²) in [7, 11) is 0. The van der Waals surface area contributed by atoms with Crippen molar-refractivity contribution in [2.24, 2.45) is 0 Å². The molecule has 1 aliphatic carbocycles. The Labute approximate surface area is 130 Å². The fourth-order valence-electron chi connectivity index (χ4n) is 3.82. The molecule has 1 fully saturated rings. The standard InChI is InChI=1S/C18H22N2O2/c21-18(19-9-11-22-12-10-19)13-20-16-7-3-1-5-14(16)15-6-2-4-8-17(15)20/h1,3,5,7H,2,4,6,8-13H2. The average molecular weight is 298 g/mol. The maximum absolute atomic E-state index is 12.6. The van der Waals surface area contributed by atoms with Gasteiger partial charge in [-0.25, -0.2) is 0 Å². The Hall–Kier alpha value is -1.81. The highest BCUT2D eigenvalue weighted by atomic mass is 16.5. The molecule has 116 valence electrons. The quantitative estimate of drug-likeness (QED) is 0.853. The van der Waals surface area contributed by atoms with Crippen LogP contribution in [0.1, 0.15) is 24.1 Å². The van der Waals surface area contributed by atoms with Crippen molar-refractivity contribution in [3.8, 4) is 0 Å².